The third-order valence-electron chi connectivity index (χ3n) is 12.8. The number of methoxy groups -OCH3 is 1. The second-order valence-corrected chi connectivity index (χ2v) is 22.0. The maximum absolute atomic E-state index is 14.2. The van der Waals surface area contributed by atoms with Crippen molar-refractivity contribution in [2.45, 2.75) is 57.5 Å². The predicted molar refractivity (Wildman–Crippen MR) is 252 cm³/mol. The number of nitrogen functional groups attached to an aromatic ring is 2. The van der Waals surface area contributed by atoms with Crippen LogP contribution in [0.4, 0.5) is 21.5 Å². The van der Waals surface area contributed by atoms with Crippen molar-refractivity contribution >= 4 is 35.8 Å². The van der Waals surface area contributed by atoms with Gasteiger partial charge in [-0.05, 0) is 91.2 Å². The quantitative estimate of drug-likeness (QED) is 0.0712. The first-order valence-corrected chi connectivity index (χ1v) is 23.7. The first-order valence-electron chi connectivity index (χ1n) is 21.8. The normalized spacial score (nSPS) is 15.9. The summed E-state index contributed by atoms with van der Waals surface area (Å²) in [5, 5.41) is 11.8. The van der Waals surface area contributed by atoms with Gasteiger partial charge in [-0.2, -0.15) is 0 Å². The van der Waals surface area contributed by atoms with E-state index in [4.69, 9.17) is 35.8 Å². The highest BCUT2D eigenvalue weighted by molar-refractivity contribution is 6.99. The summed E-state index contributed by atoms with van der Waals surface area (Å²) in [6, 6.07) is 34.2. The molecule has 0 radical (unpaired) electrons. The van der Waals surface area contributed by atoms with Gasteiger partial charge in [0.2, 0.25) is 0 Å². The Morgan fingerprint density at radius 1 is 0.790 bits per heavy atom. The van der Waals surface area contributed by atoms with Crippen molar-refractivity contribution in [3.63, 3.8) is 0 Å². The minimum absolute atomic E-state index is 0.149. The molecule has 0 bridgehead atoms. The molecule has 8 rings (SSSR count). The lowest BCUT2D eigenvalue weighted by Crippen LogP contribution is -2.66. The molecule has 0 spiro atoms. The summed E-state index contributed by atoms with van der Waals surface area (Å²) in [5.74, 6) is 1.55. The number of rotatable bonds is 13. The van der Waals surface area contributed by atoms with Crippen LogP contribution in [0.5, 0.6) is 5.75 Å². The maximum atomic E-state index is 14.2. The third kappa shape index (κ3) is 8.59. The lowest BCUT2D eigenvalue weighted by atomic mass is 10.0. The van der Waals surface area contributed by atoms with E-state index < -0.39 is 8.32 Å². The van der Waals surface area contributed by atoms with Crippen LogP contribution in [0.15, 0.2) is 109 Å². The molecular formula is C49H60FN9O2Si. The number of piperazine rings is 1. The standard InChI is InChI=1S/C49H60FN9O2Si/c1-49(2,3)62(39-13-8-6-9-14-39,40-15-10-7-11-16-40)61-32-12-17-44-54-55-48(35-18-20-36(50)21-19-35)59(44)38-22-25-53-41(33-38)45-46(51)42(34-43(60-5)47(45)52)58-30-28-57(29-31-58)37-23-26-56(4)27-24-37/h6-11,13-16,18-22,25,33-34,37H,12,17,23-24,26-32,51-52H2,1-5H3. The van der Waals surface area contributed by atoms with Gasteiger partial charge in [0.05, 0.1) is 41.1 Å². The molecule has 2 aromatic heterocycles. The Balaban J connectivity index is 1.10. The first-order chi connectivity index (χ1) is 30.0. The summed E-state index contributed by atoms with van der Waals surface area (Å²) in [4.78, 5) is 12.2. The molecule has 2 saturated heterocycles. The Hall–Kier alpha value is -5.60. The Morgan fingerprint density at radius 3 is 2.05 bits per heavy atom. The Labute approximate surface area is 366 Å². The number of ether oxygens (including phenoxy) is 1. The van der Waals surface area contributed by atoms with Gasteiger partial charge >= 0.3 is 0 Å². The number of hydrogen-bond acceptors (Lipinski definition) is 10. The van der Waals surface area contributed by atoms with Crippen molar-refractivity contribution in [3.8, 4) is 34.1 Å². The van der Waals surface area contributed by atoms with E-state index in [1.165, 1.54) is 35.3 Å². The van der Waals surface area contributed by atoms with Gasteiger partial charge in [-0.25, -0.2) is 4.39 Å². The fourth-order valence-corrected chi connectivity index (χ4v) is 14.1. The van der Waals surface area contributed by atoms with Crippen molar-refractivity contribution < 1.29 is 13.6 Å². The van der Waals surface area contributed by atoms with Crippen molar-refractivity contribution in [1.29, 1.82) is 0 Å². The van der Waals surface area contributed by atoms with Crippen LogP contribution in [0, 0.1) is 5.82 Å². The SMILES string of the molecule is COc1cc(N2CCN(C3CCN(C)CC3)CC2)c(N)c(-c2cc(-n3c(CCCO[Si](c4ccccc4)(c4ccccc4)C(C)(C)C)nnc3-c3ccc(F)cc3)ccn2)c1N. The zero-order valence-corrected chi connectivity index (χ0v) is 37.7. The minimum Gasteiger partial charge on any atom is -0.494 e. The minimum atomic E-state index is -2.74. The van der Waals surface area contributed by atoms with Gasteiger partial charge in [-0.3, -0.25) is 14.5 Å². The lowest BCUT2D eigenvalue weighted by Gasteiger charge is -2.43. The van der Waals surface area contributed by atoms with Gasteiger partial charge in [0.1, 0.15) is 17.4 Å². The molecule has 0 saturated carbocycles. The summed E-state index contributed by atoms with van der Waals surface area (Å²) < 4.78 is 29.4. The molecule has 6 aromatic rings. The van der Waals surface area contributed by atoms with Crippen LogP contribution in [-0.2, 0) is 10.8 Å². The van der Waals surface area contributed by atoms with Crippen LogP contribution in [0.25, 0.3) is 28.3 Å². The Morgan fingerprint density at radius 2 is 1.44 bits per heavy atom. The molecule has 4 heterocycles. The molecule has 0 amide bonds. The summed E-state index contributed by atoms with van der Waals surface area (Å²) >= 11 is 0. The zero-order valence-electron chi connectivity index (χ0n) is 36.7. The van der Waals surface area contributed by atoms with E-state index in [-0.39, 0.29) is 10.9 Å². The summed E-state index contributed by atoms with van der Waals surface area (Å²) in [7, 11) is 1.10. The molecular weight excluding hydrogens is 794 g/mol. The predicted octanol–water partition coefficient (Wildman–Crippen LogP) is 7.03. The number of hydrogen-bond donors (Lipinski definition) is 2. The molecule has 4 N–H and O–H groups in total. The van der Waals surface area contributed by atoms with E-state index >= 15 is 0 Å². The maximum Gasteiger partial charge on any atom is 0.261 e. The van der Waals surface area contributed by atoms with E-state index in [1.54, 1.807) is 25.4 Å². The number of nitrogens with zero attached hydrogens (tertiary/aromatic N) is 7. The van der Waals surface area contributed by atoms with Gasteiger partial charge in [0, 0.05) is 63.1 Å². The number of pyridine rings is 1. The van der Waals surface area contributed by atoms with Crippen molar-refractivity contribution in [2.75, 3.05) is 76.4 Å². The van der Waals surface area contributed by atoms with Crippen LogP contribution in [0.1, 0.15) is 45.9 Å². The molecule has 0 atom stereocenters. The van der Waals surface area contributed by atoms with Gasteiger partial charge in [-0.1, -0.05) is 81.4 Å². The van der Waals surface area contributed by atoms with Gasteiger partial charge in [0.25, 0.3) is 8.32 Å². The molecule has 2 aliphatic heterocycles. The highest BCUT2D eigenvalue weighted by atomic mass is 28.4. The zero-order chi connectivity index (χ0) is 43.4. The number of aryl methyl sites for hydroxylation is 1. The average Bonchev–Trinajstić information content (AvgIpc) is 3.71. The number of piperidine rings is 1. The van der Waals surface area contributed by atoms with Crippen molar-refractivity contribution in [3.05, 3.63) is 121 Å². The fourth-order valence-electron chi connectivity index (χ4n) is 9.52. The largest absolute Gasteiger partial charge is 0.494 e. The van der Waals surface area contributed by atoms with E-state index in [9.17, 15) is 4.39 Å². The Bertz CT molecular complexity index is 2390. The van der Waals surface area contributed by atoms with Crippen LogP contribution >= 0.6 is 0 Å². The number of halogens is 1. The van der Waals surface area contributed by atoms with Gasteiger partial charge in [-0.15, -0.1) is 10.2 Å². The molecule has 324 valence electrons. The molecule has 62 heavy (non-hydrogen) atoms. The van der Waals surface area contributed by atoms with Crippen LogP contribution < -0.4 is 31.5 Å². The summed E-state index contributed by atoms with van der Waals surface area (Å²) in [6.45, 7) is 13.3. The topological polar surface area (TPSA) is 124 Å². The third-order valence-corrected chi connectivity index (χ3v) is 17.8. The van der Waals surface area contributed by atoms with Crippen LogP contribution in [0.3, 0.4) is 0 Å². The number of benzene rings is 4. The number of aromatic nitrogens is 4. The number of nitrogens with two attached hydrogens (primary N) is 2. The number of likely N-dealkylation sites (tertiary alicyclic amines) is 1. The molecule has 0 unspecified atom stereocenters. The molecule has 0 aliphatic carbocycles. The Kier molecular flexibility index (Phi) is 12.8. The van der Waals surface area contributed by atoms with Gasteiger partial charge < -0.3 is 30.4 Å². The van der Waals surface area contributed by atoms with E-state index in [1.807, 2.05) is 22.8 Å². The average molecular weight is 854 g/mol. The van der Waals surface area contributed by atoms with E-state index in [0.29, 0.717) is 59.7 Å². The van der Waals surface area contributed by atoms with E-state index in [0.717, 1.165) is 62.0 Å². The highest BCUT2D eigenvalue weighted by Crippen LogP contribution is 2.45. The van der Waals surface area contributed by atoms with Crippen LogP contribution in [-0.4, -0.2) is 104 Å². The lowest BCUT2D eigenvalue weighted by molar-refractivity contribution is 0.115. The first kappa shape index (κ1) is 43.1. The van der Waals surface area contributed by atoms with Crippen molar-refractivity contribution in [1.82, 2.24) is 29.5 Å². The van der Waals surface area contributed by atoms with Crippen LogP contribution in [0.2, 0.25) is 5.04 Å². The molecule has 13 heteroatoms. The van der Waals surface area contributed by atoms with Gasteiger partial charge in [0.15, 0.2) is 5.82 Å². The monoisotopic (exact) mass is 853 g/mol. The fraction of sp³-hybridized carbons (Fsp3) is 0.367. The number of anilines is 3. The second-order valence-electron chi connectivity index (χ2n) is 17.7. The molecule has 2 aliphatic rings. The molecule has 2 fully saturated rings. The highest BCUT2D eigenvalue weighted by Gasteiger charge is 2.50. The van der Waals surface area contributed by atoms with E-state index in [2.05, 4.69) is 103 Å². The molecule has 11 nitrogen and oxygen atoms in total. The summed E-state index contributed by atoms with van der Waals surface area (Å²) in [5.41, 5.74) is 18.6. The smallest absolute Gasteiger partial charge is 0.261 e. The molecule has 4 aromatic carbocycles. The summed E-state index contributed by atoms with van der Waals surface area (Å²) in [6.07, 6.45) is 5.42. The second kappa shape index (κ2) is 18.4. The van der Waals surface area contributed by atoms with Crippen molar-refractivity contribution in [2.24, 2.45) is 0 Å².